The molecular weight excluding hydrogens is 341 g/mol. The fourth-order valence-electron chi connectivity index (χ4n) is 4.25. The molecule has 5 heteroatoms. The summed E-state index contributed by atoms with van der Waals surface area (Å²) in [5.41, 5.74) is 4.96. The molecule has 0 fully saturated rings. The lowest BCUT2D eigenvalue weighted by molar-refractivity contribution is 0.245. The van der Waals surface area contributed by atoms with Crippen LogP contribution in [-0.2, 0) is 20.0 Å². The predicted molar refractivity (Wildman–Crippen MR) is 106 cm³/mol. The fourth-order valence-corrected chi connectivity index (χ4v) is 4.25. The van der Waals surface area contributed by atoms with Crippen LogP contribution in [0.3, 0.4) is 0 Å². The topological polar surface area (TPSA) is 37.6 Å². The second kappa shape index (κ2) is 7.61. The van der Waals surface area contributed by atoms with Gasteiger partial charge in [-0.3, -0.25) is 4.90 Å². The van der Waals surface area contributed by atoms with Crippen LogP contribution < -0.4 is 0 Å². The van der Waals surface area contributed by atoms with Crippen LogP contribution in [0.4, 0.5) is 4.39 Å². The number of hydrogen-bond acceptors (Lipinski definition) is 3. The Kier molecular flexibility index (Phi) is 5.03. The molecule has 2 aromatic carbocycles. The molecule has 27 heavy (non-hydrogen) atoms. The molecule has 0 aliphatic carbocycles. The van der Waals surface area contributed by atoms with E-state index in [4.69, 9.17) is 0 Å². The normalized spacial score (nSPS) is 15.6. The zero-order valence-corrected chi connectivity index (χ0v) is 15.6. The quantitative estimate of drug-likeness (QED) is 0.579. The summed E-state index contributed by atoms with van der Waals surface area (Å²) in [6.45, 7) is 2.93. The molecule has 0 bridgehead atoms. The molecule has 0 amide bonds. The Morgan fingerprint density at radius 3 is 2.70 bits per heavy atom. The van der Waals surface area contributed by atoms with Gasteiger partial charge >= 0.3 is 0 Å². The number of hydrogen-bond donors (Lipinski definition) is 0. The highest BCUT2D eigenvalue weighted by molar-refractivity contribution is 5.85. The van der Waals surface area contributed by atoms with E-state index in [1.165, 1.54) is 34.3 Å². The van der Waals surface area contributed by atoms with Gasteiger partial charge in [-0.05, 0) is 48.7 Å². The van der Waals surface area contributed by atoms with E-state index in [0.717, 1.165) is 38.0 Å². The zero-order valence-electron chi connectivity index (χ0n) is 15.6. The molecule has 0 saturated heterocycles. The van der Waals surface area contributed by atoms with E-state index in [-0.39, 0.29) is 5.82 Å². The number of benzene rings is 2. The number of para-hydroxylation sites is 1. The highest BCUT2D eigenvalue weighted by Crippen LogP contribution is 2.30. The van der Waals surface area contributed by atoms with Gasteiger partial charge in [0.05, 0.1) is 0 Å². The van der Waals surface area contributed by atoms with E-state index >= 15 is 0 Å². The van der Waals surface area contributed by atoms with E-state index in [9.17, 15) is 9.30 Å². The maximum absolute atomic E-state index is 13.1. The number of aryl methyl sites for hydroxylation is 1. The maximum atomic E-state index is 13.1. The second-order valence-corrected chi connectivity index (χ2v) is 7.34. The van der Waals surface area contributed by atoms with Gasteiger partial charge in [-0.15, -0.1) is 0 Å². The van der Waals surface area contributed by atoms with Gasteiger partial charge in [-0.1, -0.05) is 35.5 Å². The summed E-state index contributed by atoms with van der Waals surface area (Å²) in [7, 11) is 2.15. The van der Waals surface area contributed by atoms with Gasteiger partial charge in [0.15, 0.2) is 0 Å². The summed E-state index contributed by atoms with van der Waals surface area (Å²) in [5, 5.41) is 4.60. The number of nitrogens with zero attached hydrogens (tertiary/aromatic N) is 3. The predicted octanol–water partition coefficient (Wildman–Crippen LogP) is 4.96. The minimum atomic E-state index is -0.400. The molecule has 1 aromatic heterocycles. The zero-order chi connectivity index (χ0) is 18.8. The molecule has 3 aromatic rings. The molecule has 4 rings (SSSR count). The molecule has 1 aliphatic rings. The van der Waals surface area contributed by atoms with Crippen molar-refractivity contribution in [2.75, 3.05) is 13.1 Å². The second-order valence-electron chi connectivity index (χ2n) is 7.34. The lowest BCUT2D eigenvalue weighted by atomic mass is 10.0. The van der Waals surface area contributed by atoms with Crippen LogP contribution in [0, 0.1) is 10.7 Å². The van der Waals surface area contributed by atoms with E-state index in [1.54, 1.807) is 12.1 Å². The average molecular weight is 365 g/mol. The summed E-state index contributed by atoms with van der Waals surface area (Å²) in [6, 6.07) is 14.3. The SMILES string of the molecule is Cn1c2c(c3ccccc31)CN(CCCC(N=O)c1ccc(F)cc1)CC2. The van der Waals surface area contributed by atoms with Crippen molar-refractivity contribution in [3.63, 3.8) is 0 Å². The van der Waals surface area contributed by atoms with Crippen molar-refractivity contribution in [1.29, 1.82) is 0 Å². The van der Waals surface area contributed by atoms with Crippen LogP contribution in [0.25, 0.3) is 10.9 Å². The Morgan fingerprint density at radius 1 is 1.15 bits per heavy atom. The summed E-state index contributed by atoms with van der Waals surface area (Å²) in [5.74, 6) is -0.289. The maximum Gasteiger partial charge on any atom is 0.123 e. The number of rotatable bonds is 6. The number of fused-ring (bicyclic) bond motifs is 3. The Morgan fingerprint density at radius 2 is 1.93 bits per heavy atom. The lowest BCUT2D eigenvalue weighted by Gasteiger charge is -2.28. The Bertz CT molecular complexity index is 948. The fraction of sp³-hybridized carbons (Fsp3) is 0.364. The Hall–Kier alpha value is -2.53. The first-order valence-electron chi connectivity index (χ1n) is 9.53. The molecule has 4 nitrogen and oxygen atoms in total. The highest BCUT2D eigenvalue weighted by Gasteiger charge is 2.22. The van der Waals surface area contributed by atoms with Crippen LogP contribution >= 0.6 is 0 Å². The van der Waals surface area contributed by atoms with Gasteiger partial charge < -0.3 is 4.57 Å². The first-order chi connectivity index (χ1) is 13.2. The van der Waals surface area contributed by atoms with Crippen LogP contribution in [0.2, 0.25) is 0 Å². The van der Waals surface area contributed by atoms with E-state index in [2.05, 4.69) is 46.0 Å². The Labute approximate surface area is 158 Å². The molecule has 0 N–H and O–H groups in total. The van der Waals surface area contributed by atoms with Crippen LogP contribution in [0.15, 0.2) is 53.7 Å². The number of halogens is 1. The van der Waals surface area contributed by atoms with Crippen LogP contribution in [-0.4, -0.2) is 22.6 Å². The van der Waals surface area contributed by atoms with Crippen molar-refractivity contribution in [3.05, 3.63) is 76.1 Å². The smallest absolute Gasteiger partial charge is 0.123 e. The van der Waals surface area contributed by atoms with Crippen molar-refractivity contribution in [2.24, 2.45) is 12.2 Å². The molecule has 0 spiro atoms. The van der Waals surface area contributed by atoms with Crippen molar-refractivity contribution in [2.45, 2.75) is 31.8 Å². The largest absolute Gasteiger partial charge is 0.347 e. The van der Waals surface area contributed by atoms with E-state index < -0.39 is 6.04 Å². The van der Waals surface area contributed by atoms with Crippen LogP contribution in [0.5, 0.6) is 0 Å². The molecule has 0 saturated carbocycles. The molecule has 2 heterocycles. The van der Waals surface area contributed by atoms with E-state index in [0.29, 0.717) is 6.42 Å². The minimum Gasteiger partial charge on any atom is -0.347 e. The standard InChI is InChI=1S/C22H24FN3O/c1-25-21-7-3-2-5-18(21)19-15-26(14-12-22(19)25)13-4-6-20(24-27)16-8-10-17(23)11-9-16/h2-3,5,7-11,20H,4,6,12-15H2,1H3. The molecule has 0 radical (unpaired) electrons. The van der Waals surface area contributed by atoms with Crippen molar-refractivity contribution in [1.82, 2.24) is 9.47 Å². The van der Waals surface area contributed by atoms with E-state index in [1.807, 2.05) is 0 Å². The molecule has 1 atom stereocenters. The third kappa shape index (κ3) is 3.52. The van der Waals surface area contributed by atoms with Crippen molar-refractivity contribution < 1.29 is 4.39 Å². The van der Waals surface area contributed by atoms with Gasteiger partial charge in [0.25, 0.3) is 0 Å². The monoisotopic (exact) mass is 365 g/mol. The third-order valence-corrected chi connectivity index (χ3v) is 5.72. The van der Waals surface area contributed by atoms with Gasteiger partial charge in [-0.2, -0.15) is 4.91 Å². The molecule has 1 unspecified atom stereocenters. The van der Waals surface area contributed by atoms with Gasteiger partial charge in [0, 0.05) is 43.2 Å². The summed E-state index contributed by atoms with van der Waals surface area (Å²) >= 11 is 0. The van der Waals surface area contributed by atoms with Gasteiger partial charge in [0.2, 0.25) is 0 Å². The number of aromatic nitrogens is 1. The lowest BCUT2D eigenvalue weighted by Crippen LogP contribution is -2.31. The first-order valence-corrected chi connectivity index (χ1v) is 9.53. The van der Waals surface area contributed by atoms with Gasteiger partial charge in [-0.25, -0.2) is 4.39 Å². The number of nitroso groups, excluding NO2 is 1. The molecule has 140 valence electrons. The average Bonchev–Trinajstić information content (AvgIpc) is 2.99. The third-order valence-electron chi connectivity index (χ3n) is 5.72. The molecule has 1 aliphatic heterocycles. The summed E-state index contributed by atoms with van der Waals surface area (Å²) in [4.78, 5) is 13.7. The Balaban J connectivity index is 1.39. The van der Waals surface area contributed by atoms with Crippen molar-refractivity contribution >= 4 is 10.9 Å². The van der Waals surface area contributed by atoms with Gasteiger partial charge in [0.1, 0.15) is 11.9 Å². The summed E-state index contributed by atoms with van der Waals surface area (Å²) < 4.78 is 15.4. The minimum absolute atomic E-state index is 0.289. The first kappa shape index (κ1) is 17.9. The van der Waals surface area contributed by atoms with Crippen molar-refractivity contribution in [3.8, 4) is 0 Å². The molecular formula is C22H24FN3O. The highest BCUT2D eigenvalue weighted by atomic mass is 19.1. The van der Waals surface area contributed by atoms with Crippen LogP contribution in [0.1, 0.15) is 35.7 Å². The summed E-state index contributed by atoms with van der Waals surface area (Å²) in [6.07, 6.45) is 2.63.